The van der Waals surface area contributed by atoms with Gasteiger partial charge < -0.3 is 26.0 Å². The first-order chi connectivity index (χ1) is 18.9. The summed E-state index contributed by atoms with van der Waals surface area (Å²) in [5.41, 5.74) is 8.30. The number of rotatable bonds is 7. The molecular formula is C28H24FN5O4S. The Morgan fingerprint density at radius 2 is 1.62 bits per heavy atom. The van der Waals surface area contributed by atoms with E-state index in [1.54, 1.807) is 53.4 Å². The highest BCUT2D eigenvalue weighted by Gasteiger charge is 2.20. The third-order valence-electron chi connectivity index (χ3n) is 6.02. The van der Waals surface area contributed by atoms with Gasteiger partial charge >= 0.3 is 0 Å². The molecule has 0 aliphatic carbocycles. The van der Waals surface area contributed by atoms with E-state index in [0.717, 1.165) is 11.3 Å². The molecule has 0 radical (unpaired) electrons. The fraction of sp³-hybridized carbons (Fsp3) is 0.143. The van der Waals surface area contributed by atoms with Crippen LogP contribution in [0.25, 0.3) is 10.6 Å². The summed E-state index contributed by atoms with van der Waals surface area (Å²) in [6.45, 7) is 2.16. The van der Waals surface area contributed by atoms with E-state index in [-0.39, 0.29) is 22.5 Å². The van der Waals surface area contributed by atoms with Crippen molar-refractivity contribution in [3.8, 4) is 10.6 Å². The van der Waals surface area contributed by atoms with Crippen LogP contribution in [-0.2, 0) is 4.74 Å². The van der Waals surface area contributed by atoms with E-state index >= 15 is 0 Å². The molecule has 0 atom stereocenters. The number of aromatic nitrogens is 1. The van der Waals surface area contributed by atoms with Gasteiger partial charge in [0.2, 0.25) is 0 Å². The Morgan fingerprint density at radius 1 is 0.923 bits per heavy atom. The Kier molecular flexibility index (Phi) is 7.62. The number of halogens is 1. The van der Waals surface area contributed by atoms with Gasteiger partial charge in [-0.3, -0.25) is 14.4 Å². The maximum Gasteiger partial charge on any atom is 0.262 e. The lowest BCUT2D eigenvalue weighted by Gasteiger charge is -2.26. The average Bonchev–Trinajstić information content (AvgIpc) is 3.38. The number of morpholine rings is 1. The lowest BCUT2D eigenvalue weighted by Crippen LogP contribution is -2.40. The summed E-state index contributed by atoms with van der Waals surface area (Å²) in [6.07, 6.45) is 0. The van der Waals surface area contributed by atoms with Gasteiger partial charge in [-0.05, 0) is 60.7 Å². The lowest BCUT2D eigenvalue weighted by atomic mass is 10.1. The van der Waals surface area contributed by atoms with Crippen LogP contribution in [-0.4, -0.2) is 53.9 Å². The van der Waals surface area contributed by atoms with Crippen molar-refractivity contribution in [2.45, 2.75) is 0 Å². The zero-order valence-corrected chi connectivity index (χ0v) is 21.5. The molecule has 0 unspecified atom stereocenters. The van der Waals surface area contributed by atoms with Crippen LogP contribution in [0.3, 0.4) is 0 Å². The number of ether oxygens (including phenoxy) is 1. The van der Waals surface area contributed by atoms with Crippen molar-refractivity contribution in [2.24, 2.45) is 5.73 Å². The molecule has 1 saturated heterocycles. The van der Waals surface area contributed by atoms with Gasteiger partial charge in [0, 0.05) is 41.2 Å². The molecule has 2 heterocycles. The van der Waals surface area contributed by atoms with Crippen LogP contribution in [0.4, 0.5) is 21.6 Å². The zero-order valence-electron chi connectivity index (χ0n) is 20.6. The molecule has 1 aliphatic heterocycles. The van der Waals surface area contributed by atoms with Crippen LogP contribution in [0.1, 0.15) is 30.4 Å². The Balaban J connectivity index is 1.33. The van der Waals surface area contributed by atoms with Crippen molar-refractivity contribution >= 4 is 46.3 Å². The number of anilines is 3. The second kappa shape index (κ2) is 11.4. The molecule has 1 fully saturated rings. The summed E-state index contributed by atoms with van der Waals surface area (Å²) in [6, 6.07) is 19.1. The number of primary amides is 1. The number of carbonyl (C=O) groups is 3. The maximum atomic E-state index is 13.2. The molecular weight excluding hydrogens is 521 g/mol. The summed E-state index contributed by atoms with van der Waals surface area (Å²) in [7, 11) is 0. The minimum atomic E-state index is -0.638. The highest BCUT2D eigenvalue weighted by atomic mass is 32.1. The van der Waals surface area contributed by atoms with E-state index in [9.17, 15) is 18.8 Å². The molecule has 3 amide bonds. The predicted octanol–water partition coefficient (Wildman–Crippen LogP) is 4.52. The van der Waals surface area contributed by atoms with Crippen molar-refractivity contribution in [1.82, 2.24) is 9.88 Å². The van der Waals surface area contributed by atoms with E-state index in [1.165, 1.54) is 24.3 Å². The zero-order chi connectivity index (χ0) is 27.4. The second-order valence-electron chi connectivity index (χ2n) is 8.71. The van der Waals surface area contributed by atoms with E-state index in [0.29, 0.717) is 59.4 Å². The van der Waals surface area contributed by atoms with Crippen LogP contribution in [0.5, 0.6) is 0 Å². The molecule has 11 heteroatoms. The summed E-state index contributed by atoms with van der Waals surface area (Å²) in [5.74, 6) is -1.23. The highest BCUT2D eigenvalue weighted by molar-refractivity contribution is 7.17. The predicted molar refractivity (Wildman–Crippen MR) is 147 cm³/mol. The van der Waals surface area contributed by atoms with Crippen LogP contribution < -0.4 is 16.4 Å². The monoisotopic (exact) mass is 545 g/mol. The van der Waals surface area contributed by atoms with Crippen molar-refractivity contribution < 1.29 is 23.5 Å². The molecule has 9 nitrogen and oxygen atoms in total. The number of hydrogen-bond donors (Lipinski definition) is 3. The van der Waals surface area contributed by atoms with Gasteiger partial charge in [-0.15, -0.1) is 11.3 Å². The molecule has 39 heavy (non-hydrogen) atoms. The molecule has 4 aromatic rings. The van der Waals surface area contributed by atoms with Crippen LogP contribution in [0.2, 0.25) is 0 Å². The Morgan fingerprint density at radius 3 is 2.31 bits per heavy atom. The SMILES string of the molecule is NC(=O)c1sc(-c2cccc(NC(=O)c3ccc(F)cc3)c2)nc1Nc1ccc(C(=O)N2CCOCC2)cc1. The summed E-state index contributed by atoms with van der Waals surface area (Å²) >= 11 is 1.12. The lowest BCUT2D eigenvalue weighted by molar-refractivity contribution is 0.0303. The van der Waals surface area contributed by atoms with Crippen LogP contribution >= 0.6 is 11.3 Å². The molecule has 4 N–H and O–H groups in total. The van der Waals surface area contributed by atoms with Gasteiger partial charge in [0.15, 0.2) is 5.82 Å². The van der Waals surface area contributed by atoms with Crippen molar-refractivity contribution in [2.75, 3.05) is 36.9 Å². The second-order valence-corrected chi connectivity index (χ2v) is 9.71. The normalized spacial score (nSPS) is 13.1. The summed E-state index contributed by atoms with van der Waals surface area (Å²) < 4.78 is 18.5. The first kappa shape index (κ1) is 26.0. The van der Waals surface area contributed by atoms with E-state index in [1.807, 2.05) is 0 Å². The van der Waals surface area contributed by atoms with Gasteiger partial charge in [-0.25, -0.2) is 9.37 Å². The van der Waals surface area contributed by atoms with Crippen molar-refractivity contribution in [1.29, 1.82) is 0 Å². The largest absolute Gasteiger partial charge is 0.378 e. The van der Waals surface area contributed by atoms with E-state index in [4.69, 9.17) is 10.5 Å². The third-order valence-corrected chi connectivity index (χ3v) is 7.14. The molecule has 1 aromatic heterocycles. The van der Waals surface area contributed by atoms with E-state index < -0.39 is 11.7 Å². The number of thiazole rings is 1. The molecule has 0 bridgehead atoms. The minimum Gasteiger partial charge on any atom is -0.378 e. The van der Waals surface area contributed by atoms with Crippen molar-refractivity contribution in [3.63, 3.8) is 0 Å². The highest BCUT2D eigenvalue weighted by Crippen LogP contribution is 2.33. The topological polar surface area (TPSA) is 127 Å². The fourth-order valence-corrected chi connectivity index (χ4v) is 4.88. The fourth-order valence-electron chi connectivity index (χ4n) is 4.01. The maximum absolute atomic E-state index is 13.2. The number of hydrogen-bond acceptors (Lipinski definition) is 7. The Labute approximate surface area is 227 Å². The molecule has 0 saturated carbocycles. The summed E-state index contributed by atoms with van der Waals surface area (Å²) in [4.78, 5) is 44.0. The number of amides is 3. The molecule has 198 valence electrons. The molecule has 1 aliphatic rings. The van der Waals surface area contributed by atoms with Crippen molar-refractivity contribution in [3.05, 3.63) is 94.6 Å². The van der Waals surface area contributed by atoms with E-state index in [2.05, 4.69) is 15.6 Å². The Hall–Kier alpha value is -4.61. The number of nitrogens with zero attached hydrogens (tertiary/aromatic N) is 2. The molecule has 5 rings (SSSR count). The summed E-state index contributed by atoms with van der Waals surface area (Å²) in [5, 5.41) is 6.41. The number of carbonyl (C=O) groups excluding carboxylic acids is 3. The average molecular weight is 546 g/mol. The smallest absolute Gasteiger partial charge is 0.262 e. The Bertz CT molecular complexity index is 1520. The first-order valence-electron chi connectivity index (χ1n) is 12.1. The quantitative estimate of drug-likeness (QED) is 0.314. The minimum absolute atomic E-state index is 0.0648. The number of nitrogens with two attached hydrogens (primary N) is 1. The van der Waals surface area contributed by atoms with Crippen LogP contribution in [0.15, 0.2) is 72.8 Å². The van der Waals surface area contributed by atoms with Crippen LogP contribution in [0, 0.1) is 5.82 Å². The van der Waals surface area contributed by atoms with Gasteiger partial charge in [-0.2, -0.15) is 0 Å². The van der Waals surface area contributed by atoms with Gasteiger partial charge in [0.05, 0.1) is 13.2 Å². The number of nitrogens with one attached hydrogen (secondary N) is 2. The third kappa shape index (κ3) is 6.11. The molecule has 3 aromatic carbocycles. The molecule has 0 spiro atoms. The van der Waals surface area contributed by atoms with Gasteiger partial charge in [0.1, 0.15) is 15.7 Å². The van der Waals surface area contributed by atoms with Gasteiger partial charge in [-0.1, -0.05) is 12.1 Å². The standard InChI is InChI=1S/C28H24FN5O4S/c29-20-8-4-17(5-9-20)26(36)32-22-3-1-2-19(16-22)27-33-25(23(39-27)24(30)35)31-21-10-6-18(7-11-21)28(37)34-12-14-38-15-13-34/h1-11,16,31H,12-15H2,(H2,30,35)(H,32,36). The van der Waals surface area contributed by atoms with Gasteiger partial charge in [0.25, 0.3) is 17.7 Å². The number of benzene rings is 3. The first-order valence-corrected chi connectivity index (χ1v) is 12.9.